The summed E-state index contributed by atoms with van der Waals surface area (Å²) in [6.07, 6.45) is 1.50. The predicted octanol–water partition coefficient (Wildman–Crippen LogP) is 2.54. The Bertz CT molecular complexity index is 504. The molecule has 0 fully saturated rings. The Morgan fingerprint density at radius 3 is 2.55 bits per heavy atom. The van der Waals surface area contributed by atoms with Crippen molar-refractivity contribution in [3.8, 4) is 0 Å². The lowest BCUT2D eigenvalue weighted by Gasteiger charge is -2.09. The molecular weight excluding hydrogens is 296 g/mol. The molecule has 0 spiro atoms. The van der Waals surface area contributed by atoms with Gasteiger partial charge in [-0.2, -0.15) is 0 Å². The Morgan fingerprint density at radius 1 is 1.20 bits per heavy atom. The van der Waals surface area contributed by atoms with Gasteiger partial charge in [0.25, 0.3) is 0 Å². The molecule has 0 bridgehead atoms. The minimum absolute atomic E-state index is 0.150. The molecule has 0 aliphatic rings. The highest BCUT2D eigenvalue weighted by Gasteiger charge is 2.10. The third-order valence-corrected chi connectivity index (χ3v) is 4.61. The zero-order chi connectivity index (χ0) is 15.0. The van der Waals surface area contributed by atoms with E-state index in [4.69, 9.17) is 11.6 Å². The zero-order valence-corrected chi connectivity index (χ0v) is 13.6. The van der Waals surface area contributed by atoms with Crippen LogP contribution in [0.25, 0.3) is 0 Å². The van der Waals surface area contributed by atoms with Crippen LogP contribution in [0.15, 0.2) is 24.3 Å². The third-order valence-electron chi connectivity index (χ3n) is 2.83. The molecule has 0 unspecified atom stereocenters. The lowest BCUT2D eigenvalue weighted by Crippen LogP contribution is -2.27. The fourth-order valence-corrected chi connectivity index (χ4v) is 3.02. The molecule has 0 aromatic heterocycles. The van der Waals surface area contributed by atoms with E-state index in [0.717, 1.165) is 18.5 Å². The number of halogens is 1. The van der Waals surface area contributed by atoms with Gasteiger partial charge in [-0.25, -0.2) is 13.1 Å². The summed E-state index contributed by atoms with van der Waals surface area (Å²) in [7, 11) is -3.23. The van der Waals surface area contributed by atoms with Gasteiger partial charge in [0, 0.05) is 17.6 Å². The summed E-state index contributed by atoms with van der Waals surface area (Å²) in [6.45, 7) is 5.23. The van der Waals surface area contributed by atoms with Gasteiger partial charge in [-0.05, 0) is 31.0 Å². The monoisotopic (exact) mass is 318 g/mol. The lowest BCUT2D eigenvalue weighted by molar-refractivity contribution is 0.555. The standard InChI is InChI=1S/C14H23ClN2O2S/c1-12(2)16-9-5-6-10-20(18,19)17-11-13-7-3-4-8-14(13)15/h3-4,7-8,12,16-17H,5-6,9-11H2,1-2H3. The number of hydrogen-bond acceptors (Lipinski definition) is 3. The van der Waals surface area contributed by atoms with Crippen LogP contribution in [0.4, 0.5) is 0 Å². The molecule has 0 saturated heterocycles. The summed E-state index contributed by atoms with van der Waals surface area (Å²) in [5.74, 6) is 0.150. The van der Waals surface area contributed by atoms with E-state index in [1.165, 1.54) is 0 Å². The molecule has 1 aromatic carbocycles. The molecule has 114 valence electrons. The molecule has 0 radical (unpaired) electrons. The van der Waals surface area contributed by atoms with Gasteiger partial charge >= 0.3 is 0 Å². The first-order valence-electron chi connectivity index (χ1n) is 6.85. The maximum Gasteiger partial charge on any atom is 0.211 e. The molecule has 1 aromatic rings. The number of sulfonamides is 1. The zero-order valence-electron chi connectivity index (χ0n) is 12.0. The largest absolute Gasteiger partial charge is 0.315 e. The maximum atomic E-state index is 11.8. The fraction of sp³-hybridized carbons (Fsp3) is 0.571. The predicted molar refractivity (Wildman–Crippen MR) is 84.5 cm³/mol. The number of rotatable bonds is 9. The van der Waals surface area contributed by atoms with Crippen LogP contribution < -0.4 is 10.0 Å². The molecule has 4 nitrogen and oxygen atoms in total. The maximum absolute atomic E-state index is 11.8. The molecule has 0 atom stereocenters. The van der Waals surface area contributed by atoms with Crippen LogP contribution in [0, 0.1) is 0 Å². The van der Waals surface area contributed by atoms with Crippen LogP contribution in [0.1, 0.15) is 32.3 Å². The Morgan fingerprint density at radius 2 is 1.90 bits per heavy atom. The van der Waals surface area contributed by atoms with Crippen molar-refractivity contribution >= 4 is 21.6 Å². The van der Waals surface area contributed by atoms with E-state index < -0.39 is 10.0 Å². The normalized spacial score (nSPS) is 12.0. The Hall–Kier alpha value is -0.620. The Kier molecular flexibility index (Phi) is 7.51. The molecule has 0 aliphatic heterocycles. The topological polar surface area (TPSA) is 58.2 Å². The number of hydrogen-bond donors (Lipinski definition) is 2. The second-order valence-electron chi connectivity index (χ2n) is 5.05. The van der Waals surface area contributed by atoms with Gasteiger partial charge in [0.05, 0.1) is 5.75 Å². The van der Waals surface area contributed by atoms with Crippen molar-refractivity contribution < 1.29 is 8.42 Å². The molecule has 1 rings (SSSR count). The Labute approximate surface area is 127 Å². The smallest absolute Gasteiger partial charge is 0.211 e. The second kappa shape index (κ2) is 8.62. The number of nitrogens with one attached hydrogen (secondary N) is 2. The highest BCUT2D eigenvalue weighted by Crippen LogP contribution is 2.14. The number of benzene rings is 1. The first kappa shape index (κ1) is 17.4. The van der Waals surface area contributed by atoms with Crippen molar-refractivity contribution in [1.82, 2.24) is 10.0 Å². The average Bonchev–Trinajstić information content (AvgIpc) is 2.37. The van der Waals surface area contributed by atoms with Gasteiger partial charge in [0.15, 0.2) is 0 Å². The molecular formula is C14H23ClN2O2S. The summed E-state index contributed by atoms with van der Waals surface area (Å²) < 4.78 is 26.3. The van der Waals surface area contributed by atoms with E-state index in [1.807, 2.05) is 18.2 Å². The van der Waals surface area contributed by atoms with Crippen LogP contribution in [-0.2, 0) is 16.6 Å². The second-order valence-corrected chi connectivity index (χ2v) is 7.38. The summed E-state index contributed by atoms with van der Waals surface area (Å²) in [5.41, 5.74) is 0.791. The van der Waals surface area contributed by atoms with Crippen LogP contribution in [0.5, 0.6) is 0 Å². The third kappa shape index (κ3) is 7.24. The summed E-state index contributed by atoms with van der Waals surface area (Å²) >= 11 is 5.99. The molecule has 6 heteroatoms. The summed E-state index contributed by atoms with van der Waals surface area (Å²) in [4.78, 5) is 0. The van der Waals surface area contributed by atoms with Crippen LogP contribution in [0.3, 0.4) is 0 Å². The molecule has 2 N–H and O–H groups in total. The minimum atomic E-state index is -3.23. The van der Waals surface area contributed by atoms with Crippen LogP contribution in [0.2, 0.25) is 5.02 Å². The Balaban J connectivity index is 2.30. The van der Waals surface area contributed by atoms with E-state index in [9.17, 15) is 8.42 Å². The molecule has 0 saturated carbocycles. The van der Waals surface area contributed by atoms with E-state index in [0.29, 0.717) is 17.5 Å². The van der Waals surface area contributed by atoms with E-state index in [2.05, 4.69) is 23.9 Å². The molecule has 20 heavy (non-hydrogen) atoms. The van der Waals surface area contributed by atoms with E-state index in [1.54, 1.807) is 6.07 Å². The molecule has 0 amide bonds. The van der Waals surface area contributed by atoms with Crippen molar-refractivity contribution in [1.29, 1.82) is 0 Å². The van der Waals surface area contributed by atoms with Crippen molar-refractivity contribution in [2.24, 2.45) is 0 Å². The highest BCUT2D eigenvalue weighted by atomic mass is 35.5. The first-order valence-corrected chi connectivity index (χ1v) is 8.88. The quantitative estimate of drug-likeness (QED) is 0.688. The van der Waals surface area contributed by atoms with Crippen molar-refractivity contribution in [2.75, 3.05) is 12.3 Å². The van der Waals surface area contributed by atoms with Crippen molar-refractivity contribution in [3.63, 3.8) is 0 Å². The summed E-state index contributed by atoms with van der Waals surface area (Å²) in [5, 5.41) is 3.84. The van der Waals surface area contributed by atoms with Gasteiger partial charge in [-0.1, -0.05) is 43.6 Å². The average molecular weight is 319 g/mol. The van der Waals surface area contributed by atoms with Gasteiger partial charge in [0.2, 0.25) is 10.0 Å². The first-order chi connectivity index (χ1) is 9.41. The SMILES string of the molecule is CC(C)NCCCCS(=O)(=O)NCc1ccccc1Cl. The van der Waals surface area contributed by atoms with Gasteiger partial charge in [-0.15, -0.1) is 0 Å². The van der Waals surface area contributed by atoms with E-state index in [-0.39, 0.29) is 12.3 Å². The molecule has 0 aliphatic carbocycles. The van der Waals surface area contributed by atoms with Crippen molar-refractivity contribution in [2.45, 2.75) is 39.3 Å². The van der Waals surface area contributed by atoms with Gasteiger partial charge in [0.1, 0.15) is 0 Å². The lowest BCUT2D eigenvalue weighted by atomic mass is 10.2. The van der Waals surface area contributed by atoms with Crippen molar-refractivity contribution in [3.05, 3.63) is 34.9 Å². The summed E-state index contributed by atoms with van der Waals surface area (Å²) in [6, 6.07) is 7.67. The van der Waals surface area contributed by atoms with Gasteiger partial charge < -0.3 is 5.32 Å². The van der Waals surface area contributed by atoms with Gasteiger partial charge in [-0.3, -0.25) is 0 Å². The fourth-order valence-electron chi connectivity index (χ4n) is 1.71. The number of unbranched alkanes of at least 4 members (excludes halogenated alkanes) is 1. The van der Waals surface area contributed by atoms with Crippen LogP contribution >= 0.6 is 11.6 Å². The molecule has 0 heterocycles. The highest BCUT2D eigenvalue weighted by molar-refractivity contribution is 7.89. The van der Waals surface area contributed by atoms with E-state index >= 15 is 0 Å². The minimum Gasteiger partial charge on any atom is -0.315 e. The van der Waals surface area contributed by atoms with Crippen LogP contribution in [-0.4, -0.2) is 26.8 Å².